The largest absolute Gasteiger partial charge is 0.337 e. The van der Waals surface area contributed by atoms with Crippen LogP contribution >= 0.6 is 0 Å². The Kier molecular flexibility index (Phi) is 6.39. The Hall–Kier alpha value is -3.72. The van der Waals surface area contributed by atoms with Crippen molar-refractivity contribution in [1.82, 2.24) is 24.6 Å². The molecule has 2 heterocycles. The Morgan fingerprint density at radius 1 is 0.941 bits per heavy atom. The topological polar surface area (TPSA) is 106 Å². The van der Waals surface area contributed by atoms with Crippen LogP contribution in [-0.2, 0) is 16.4 Å². The third kappa shape index (κ3) is 4.94. The van der Waals surface area contributed by atoms with Gasteiger partial charge in [0.1, 0.15) is 11.3 Å². The highest BCUT2D eigenvalue weighted by Crippen LogP contribution is 2.23. The zero-order valence-corrected chi connectivity index (χ0v) is 20.4. The van der Waals surface area contributed by atoms with Crippen LogP contribution in [0.15, 0.2) is 59.5 Å². The number of imidazole rings is 1. The van der Waals surface area contributed by atoms with Crippen molar-refractivity contribution in [1.29, 1.82) is 0 Å². The van der Waals surface area contributed by atoms with Gasteiger partial charge in [-0.25, -0.2) is 27.9 Å². The van der Waals surface area contributed by atoms with Gasteiger partial charge >= 0.3 is 6.03 Å². The van der Waals surface area contributed by atoms with Crippen molar-refractivity contribution in [3.05, 3.63) is 82.8 Å². The zero-order chi connectivity index (χ0) is 24.5. The highest BCUT2D eigenvalue weighted by atomic mass is 32.2. The zero-order valence-electron chi connectivity index (χ0n) is 19.6. The number of urea groups is 1. The van der Waals surface area contributed by atoms with E-state index < -0.39 is 16.1 Å². The molecule has 2 N–H and O–H groups in total. The molecule has 0 fully saturated rings. The van der Waals surface area contributed by atoms with Crippen LogP contribution in [0, 0.1) is 27.7 Å². The molecular weight excluding hydrogens is 450 g/mol. The second kappa shape index (κ2) is 9.26. The van der Waals surface area contributed by atoms with Gasteiger partial charge in [0.2, 0.25) is 0 Å². The fourth-order valence-electron chi connectivity index (χ4n) is 3.85. The van der Waals surface area contributed by atoms with E-state index in [0.29, 0.717) is 13.0 Å². The molecule has 0 saturated heterocycles. The maximum Gasteiger partial charge on any atom is 0.328 e. The van der Waals surface area contributed by atoms with Crippen molar-refractivity contribution in [3.63, 3.8) is 0 Å². The van der Waals surface area contributed by atoms with Crippen molar-refractivity contribution < 1.29 is 13.2 Å². The Morgan fingerprint density at radius 2 is 1.62 bits per heavy atom. The summed E-state index contributed by atoms with van der Waals surface area (Å²) in [6.07, 6.45) is 0.554. The van der Waals surface area contributed by atoms with Gasteiger partial charge in [-0.2, -0.15) is 0 Å². The van der Waals surface area contributed by atoms with Gasteiger partial charge in [0.25, 0.3) is 10.0 Å². The van der Waals surface area contributed by atoms with Crippen molar-refractivity contribution in [2.45, 2.75) is 39.0 Å². The Labute approximate surface area is 199 Å². The predicted octanol–water partition coefficient (Wildman–Crippen LogP) is 3.88. The molecule has 0 saturated carbocycles. The number of benzene rings is 2. The predicted molar refractivity (Wildman–Crippen MR) is 132 cm³/mol. The second-order valence-corrected chi connectivity index (χ2v) is 10.0. The molecule has 0 atom stereocenters. The first-order valence-corrected chi connectivity index (χ1v) is 12.4. The Balaban J connectivity index is 1.39. The molecule has 0 radical (unpaired) electrons. The number of aryl methyl sites for hydroxylation is 4. The van der Waals surface area contributed by atoms with E-state index in [1.165, 1.54) is 12.1 Å². The minimum absolute atomic E-state index is 0.0473. The number of amides is 2. The highest BCUT2D eigenvalue weighted by molar-refractivity contribution is 7.90. The third-order valence-electron chi connectivity index (χ3n) is 5.55. The molecule has 176 valence electrons. The molecule has 2 aromatic carbocycles. The van der Waals surface area contributed by atoms with E-state index in [1.807, 2.05) is 67.3 Å². The minimum atomic E-state index is -3.91. The van der Waals surface area contributed by atoms with E-state index in [0.717, 1.165) is 45.1 Å². The number of pyridine rings is 1. The number of rotatable bonds is 6. The average molecular weight is 478 g/mol. The van der Waals surface area contributed by atoms with Gasteiger partial charge < -0.3 is 5.32 Å². The smallest absolute Gasteiger partial charge is 0.328 e. The molecule has 0 unspecified atom stereocenters. The van der Waals surface area contributed by atoms with E-state index in [4.69, 9.17) is 0 Å². The number of sulfonamides is 1. The number of carbonyl (C=O) groups is 1. The van der Waals surface area contributed by atoms with Gasteiger partial charge in [-0.05, 0) is 75.6 Å². The van der Waals surface area contributed by atoms with Crippen molar-refractivity contribution in [2.75, 3.05) is 6.54 Å². The summed E-state index contributed by atoms with van der Waals surface area (Å²) >= 11 is 0. The molecule has 0 bridgehead atoms. The second-order valence-electron chi connectivity index (χ2n) is 8.34. The number of nitrogens with zero attached hydrogens (tertiary/aromatic N) is 3. The summed E-state index contributed by atoms with van der Waals surface area (Å²) in [6, 6.07) is 15.5. The summed E-state index contributed by atoms with van der Waals surface area (Å²) < 4.78 is 28.7. The number of hydrogen-bond donors (Lipinski definition) is 2. The lowest BCUT2D eigenvalue weighted by Gasteiger charge is -2.10. The molecule has 4 aromatic rings. The maximum atomic E-state index is 12.3. The Bertz CT molecular complexity index is 1460. The van der Waals surface area contributed by atoms with Crippen LogP contribution in [0.2, 0.25) is 0 Å². The SMILES string of the molecule is Cc1ccc(S(=O)(=O)NC(=O)NCCc2ccc(-n3c(C)nc4c(C)cc(C)nc43)cc2)cc1. The molecule has 0 spiro atoms. The Morgan fingerprint density at radius 3 is 2.29 bits per heavy atom. The van der Waals surface area contributed by atoms with E-state index in [1.54, 1.807) is 12.1 Å². The van der Waals surface area contributed by atoms with Crippen LogP contribution in [0.1, 0.15) is 28.2 Å². The molecule has 9 heteroatoms. The number of hydrogen-bond acceptors (Lipinski definition) is 5. The van der Waals surface area contributed by atoms with E-state index in [9.17, 15) is 13.2 Å². The standard InChI is InChI=1S/C25H27N5O3S/c1-16-5-11-22(12-6-16)34(32,33)29-25(31)26-14-13-20-7-9-21(10-8-20)30-19(4)28-23-17(2)15-18(3)27-24(23)30/h5-12,15H,13-14H2,1-4H3,(H2,26,29,31). The van der Waals surface area contributed by atoms with Gasteiger partial charge in [-0.3, -0.25) is 4.57 Å². The van der Waals surface area contributed by atoms with Crippen LogP contribution in [0.25, 0.3) is 16.9 Å². The quantitative estimate of drug-likeness (QED) is 0.438. The average Bonchev–Trinajstić information content (AvgIpc) is 3.10. The number of aromatic nitrogens is 3. The molecule has 0 aliphatic carbocycles. The monoisotopic (exact) mass is 477 g/mol. The first kappa shape index (κ1) is 23.4. The van der Waals surface area contributed by atoms with E-state index in [-0.39, 0.29) is 4.90 Å². The number of carbonyl (C=O) groups excluding carboxylic acids is 1. The van der Waals surface area contributed by atoms with Crippen LogP contribution in [-0.4, -0.2) is 35.5 Å². The lowest BCUT2D eigenvalue weighted by Crippen LogP contribution is -2.40. The van der Waals surface area contributed by atoms with Gasteiger partial charge in [0.15, 0.2) is 5.65 Å². The normalized spacial score (nSPS) is 11.5. The van der Waals surface area contributed by atoms with Crippen molar-refractivity contribution in [2.24, 2.45) is 0 Å². The van der Waals surface area contributed by atoms with Gasteiger partial charge in [0.05, 0.1) is 4.90 Å². The molecule has 2 aromatic heterocycles. The molecule has 0 aliphatic rings. The highest BCUT2D eigenvalue weighted by Gasteiger charge is 2.17. The number of nitrogens with one attached hydrogen (secondary N) is 2. The molecule has 34 heavy (non-hydrogen) atoms. The number of fused-ring (bicyclic) bond motifs is 1. The molecular formula is C25H27N5O3S. The summed E-state index contributed by atoms with van der Waals surface area (Å²) in [5.74, 6) is 0.858. The summed E-state index contributed by atoms with van der Waals surface area (Å²) in [6.45, 7) is 8.11. The summed E-state index contributed by atoms with van der Waals surface area (Å²) in [7, 11) is -3.91. The van der Waals surface area contributed by atoms with Crippen molar-refractivity contribution in [3.8, 4) is 5.69 Å². The van der Waals surface area contributed by atoms with Crippen LogP contribution in [0.5, 0.6) is 0 Å². The molecule has 8 nitrogen and oxygen atoms in total. The lowest BCUT2D eigenvalue weighted by atomic mass is 10.1. The van der Waals surface area contributed by atoms with E-state index in [2.05, 4.69) is 15.3 Å². The van der Waals surface area contributed by atoms with Gasteiger partial charge in [-0.1, -0.05) is 29.8 Å². The summed E-state index contributed by atoms with van der Waals surface area (Å²) in [5.41, 5.74) is 6.65. The first-order chi connectivity index (χ1) is 16.1. The molecule has 0 aliphatic heterocycles. The molecule has 4 rings (SSSR count). The summed E-state index contributed by atoms with van der Waals surface area (Å²) in [5, 5.41) is 2.60. The van der Waals surface area contributed by atoms with E-state index >= 15 is 0 Å². The summed E-state index contributed by atoms with van der Waals surface area (Å²) in [4.78, 5) is 21.5. The fraction of sp³-hybridized carbons (Fsp3) is 0.240. The lowest BCUT2D eigenvalue weighted by molar-refractivity contribution is 0.246. The van der Waals surface area contributed by atoms with Crippen LogP contribution in [0.3, 0.4) is 0 Å². The minimum Gasteiger partial charge on any atom is -0.337 e. The first-order valence-electron chi connectivity index (χ1n) is 10.9. The maximum absolute atomic E-state index is 12.3. The van der Waals surface area contributed by atoms with Crippen LogP contribution < -0.4 is 10.0 Å². The van der Waals surface area contributed by atoms with Crippen LogP contribution in [0.4, 0.5) is 4.79 Å². The third-order valence-corrected chi connectivity index (χ3v) is 6.90. The van der Waals surface area contributed by atoms with Gasteiger partial charge in [0, 0.05) is 17.9 Å². The fourth-order valence-corrected chi connectivity index (χ4v) is 4.77. The van der Waals surface area contributed by atoms with Gasteiger partial charge in [-0.15, -0.1) is 0 Å². The van der Waals surface area contributed by atoms with Crippen molar-refractivity contribution >= 4 is 27.2 Å². The molecule has 2 amide bonds.